The van der Waals surface area contributed by atoms with Crippen LogP contribution in [0.1, 0.15) is 30.0 Å². The molecule has 5 heteroatoms. The second-order valence-corrected chi connectivity index (χ2v) is 5.16. The first-order valence-corrected chi connectivity index (χ1v) is 7.15. The van der Waals surface area contributed by atoms with Crippen LogP contribution in [0.4, 0.5) is 0 Å². The van der Waals surface area contributed by atoms with Crippen LogP contribution in [0.25, 0.3) is 0 Å². The highest BCUT2D eigenvalue weighted by molar-refractivity contribution is 5.96. The number of ether oxygens (including phenoxy) is 1. The minimum atomic E-state index is -0.791. The van der Waals surface area contributed by atoms with Crippen LogP contribution in [-0.2, 0) is 16.0 Å². The molecule has 0 saturated carbocycles. The van der Waals surface area contributed by atoms with Crippen molar-refractivity contribution in [2.75, 3.05) is 0 Å². The molecule has 1 N–H and O–H groups in total. The second-order valence-electron chi connectivity index (χ2n) is 5.16. The normalized spacial score (nSPS) is 12.0. The number of nitrogens with one attached hydrogen (secondary N) is 1. The zero-order valence-corrected chi connectivity index (χ0v) is 12.6. The van der Waals surface area contributed by atoms with Gasteiger partial charge < -0.3 is 14.5 Å². The number of hydrogen-bond acceptors (Lipinski definition) is 4. The maximum absolute atomic E-state index is 12.2. The fourth-order valence-corrected chi connectivity index (χ4v) is 1.97. The van der Waals surface area contributed by atoms with E-state index >= 15 is 0 Å². The quantitative estimate of drug-likeness (QED) is 0.833. The topological polar surface area (TPSA) is 68.5 Å². The molecule has 1 unspecified atom stereocenters. The summed E-state index contributed by atoms with van der Waals surface area (Å²) < 4.78 is 10.4. The average molecular weight is 301 g/mol. The van der Waals surface area contributed by atoms with Gasteiger partial charge in [0.05, 0.1) is 12.4 Å². The van der Waals surface area contributed by atoms with Gasteiger partial charge in [-0.1, -0.05) is 18.2 Å². The van der Waals surface area contributed by atoms with E-state index in [0.717, 1.165) is 0 Å². The lowest BCUT2D eigenvalue weighted by atomic mass is 10.1. The van der Waals surface area contributed by atoms with Gasteiger partial charge in [-0.15, -0.1) is 0 Å². The van der Waals surface area contributed by atoms with Gasteiger partial charge in [0.15, 0.2) is 0 Å². The van der Waals surface area contributed by atoms with Crippen molar-refractivity contribution >= 4 is 11.9 Å². The Morgan fingerprint density at radius 2 is 1.86 bits per heavy atom. The van der Waals surface area contributed by atoms with Crippen molar-refractivity contribution < 1.29 is 18.7 Å². The van der Waals surface area contributed by atoms with Gasteiger partial charge in [-0.2, -0.15) is 0 Å². The Morgan fingerprint density at radius 3 is 2.45 bits per heavy atom. The highest BCUT2D eigenvalue weighted by Gasteiger charge is 2.25. The van der Waals surface area contributed by atoms with Crippen molar-refractivity contribution in [1.29, 1.82) is 0 Å². The Kier molecular flexibility index (Phi) is 5.36. The van der Waals surface area contributed by atoms with Crippen LogP contribution in [0.3, 0.4) is 0 Å². The van der Waals surface area contributed by atoms with E-state index in [1.165, 1.54) is 6.26 Å². The average Bonchev–Trinajstić information content (AvgIpc) is 2.99. The SMILES string of the molecule is CC(C)OC(=O)C(Cc1ccco1)NC(=O)c1ccccc1. The standard InChI is InChI=1S/C17H19NO4/c1-12(2)22-17(20)15(11-14-9-6-10-21-14)18-16(19)13-7-4-3-5-8-13/h3-10,12,15H,11H2,1-2H3,(H,18,19). The Hall–Kier alpha value is -2.56. The van der Waals surface area contributed by atoms with E-state index in [-0.39, 0.29) is 18.4 Å². The molecular formula is C17H19NO4. The van der Waals surface area contributed by atoms with Gasteiger partial charge >= 0.3 is 5.97 Å². The van der Waals surface area contributed by atoms with Crippen molar-refractivity contribution in [3.05, 3.63) is 60.1 Å². The molecule has 1 atom stereocenters. The van der Waals surface area contributed by atoms with Crippen molar-refractivity contribution in [3.8, 4) is 0 Å². The maximum atomic E-state index is 12.2. The summed E-state index contributed by atoms with van der Waals surface area (Å²) in [5.74, 6) is -0.187. The van der Waals surface area contributed by atoms with Crippen LogP contribution in [0.2, 0.25) is 0 Å². The molecule has 1 aromatic heterocycles. The molecule has 1 aromatic carbocycles. The first kappa shape index (κ1) is 15.8. The van der Waals surface area contributed by atoms with Crippen LogP contribution < -0.4 is 5.32 Å². The number of amides is 1. The van der Waals surface area contributed by atoms with Gasteiger partial charge in [0.2, 0.25) is 0 Å². The molecule has 5 nitrogen and oxygen atoms in total. The molecule has 1 heterocycles. The molecule has 0 aliphatic rings. The summed E-state index contributed by atoms with van der Waals surface area (Å²) in [7, 11) is 0. The molecule has 0 bridgehead atoms. The molecule has 2 aromatic rings. The minimum absolute atomic E-state index is 0.247. The number of carbonyl (C=O) groups excluding carboxylic acids is 2. The maximum Gasteiger partial charge on any atom is 0.329 e. The van der Waals surface area contributed by atoms with E-state index in [1.807, 2.05) is 6.07 Å². The van der Waals surface area contributed by atoms with E-state index in [4.69, 9.17) is 9.15 Å². The molecule has 0 fully saturated rings. The third-order valence-corrected chi connectivity index (χ3v) is 2.96. The van der Waals surface area contributed by atoms with Crippen LogP contribution in [0, 0.1) is 0 Å². The number of rotatable bonds is 6. The summed E-state index contributed by atoms with van der Waals surface area (Å²) in [6.07, 6.45) is 1.52. The molecule has 0 aliphatic heterocycles. The van der Waals surface area contributed by atoms with Gasteiger partial charge in [0.1, 0.15) is 11.8 Å². The first-order valence-electron chi connectivity index (χ1n) is 7.15. The van der Waals surface area contributed by atoms with Crippen molar-refractivity contribution in [2.24, 2.45) is 0 Å². The Balaban J connectivity index is 2.09. The smallest absolute Gasteiger partial charge is 0.329 e. The third kappa shape index (κ3) is 4.48. The Labute approximate surface area is 129 Å². The number of benzene rings is 1. The molecule has 0 aliphatic carbocycles. The summed E-state index contributed by atoms with van der Waals surface area (Å²) in [5, 5.41) is 2.70. The lowest BCUT2D eigenvalue weighted by Gasteiger charge is -2.18. The zero-order valence-electron chi connectivity index (χ0n) is 12.6. The molecule has 1 amide bonds. The van der Waals surface area contributed by atoms with Gasteiger partial charge in [-0.25, -0.2) is 4.79 Å². The highest BCUT2D eigenvalue weighted by Crippen LogP contribution is 2.08. The Bertz CT molecular complexity index is 605. The number of carbonyl (C=O) groups is 2. The van der Waals surface area contributed by atoms with E-state index in [1.54, 1.807) is 50.2 Å². The molecule has 0 saturated heterocycles. The van der Waals surface area contributed by atoms with E-state index in [0.29, 0.717) is 11.3 Å². The van der Waals surface area contributed by atoms with E-state index in [9.17, 15) is 9.59 Å². The fraction of sp³-hybridized carbons (Fsp3) is 0.294. The van der Waals surface area contributed by atoms with Crippen molar-refractivity contribution in [3.63, 3.8) is 0 Å². The van der Waals surface area contributed by atoms with Gasteiger partial charge in [-0.3, -0.25) is 4.79 Å². The molecule has 0 spiro atoms. The molecular weight excluding hydrogens is 282 g/mol. The third-order valence-electron chi connectivity index (χ3n) is 2.96. The zero-order chi connectivity index (χ0) is 15.9. The summed E-state index contributed by atoms with van der Waals surface area (Å²) in [5.41, 5.74) is 0.490. The summed E-state index contributed by atoms with van der Waals surface area (Å²) in [6, 6.07) is 11.4. The number of furan rings is 1. The van der Waals surface area contributed by atoms with Crippen molar-refractivity contribution in [2.45, 2.75) is 32.4 Å². The second kappa shape index (κ2) is 7.45. The van der Waals surface area contributed by atoms with Gasteiger partial charge in [-0.05, 0) is 38.1 Å². The molecule has 22 heavy (non-hydrogen) atoms. The van der Waals surface area contributed by atoms with Crippen LogP contribution in [-0.4, -0.2) is 24.0 Å². The van der Waals surface area contributed by atoms with Gasteiger partial charge in [0.25, 0.3) is 5.91 Å². The lowest BCUT2D eigenvalue weighted by molar-refractivity contribution is -0.149. The van der Waals surface area contributed by atoms with Crippen molar-refractivity contribution in [1.82, 2.24) is 5.32 Å². The van der Waals surface area contributed by atoms with Crippen LogP contribution in [0.5, 0.6) is 0 Å². The fourth-order valence-electron chi connectivity index (χ4n) is 1.97. The monoisotopic (exact) mass is 301 g/mol. The van der Waals surface area contributed by atoms with E-state index < -0.39 is 12.0 Å². The van der Waals surface area contributed by atoms with Gasteiger partial charge in [0, 0.05) is 12.0 Å². The summed E-state index contributed by atoms with van der Waals surface area (Å²) in [6.45, 7) is 3.53. The van der Waals surface area contributed by atoms with Crippen LogP contribution in [0.15, 0.2) is 53.1 Å². The predicted octanol–water partition coefficient (Wildman–Crippen LogP) is 2.57. The summed E-state index contributed by atoms with van der Waals surface area (Å²) >= 11 is 0. The first-order chi connectivity index (χ1) is 10.6. The Morgan fingerprint density at radius 1 is 1.14 bits per heavy atom. The lowest BCUT2D eigenvalue weighted by Crippen LogP contribution is -2.44. The number of hydrogen-bond donors (Lipinski definition) is 1. The van der Waals surface area contributed by atoms with E-state index in [2.05, 4.69) is 5.32 Å². The largest absolute Gasteiger partial charge is 0.469 e. The molecule has 2 rings (SSSR count). The van der Waals surface area contributed by atoms with Crippen LogP contribution >= 0.6 is 0 Å². The molecule has 116 valence electrons. The summed E-state index contributed by atoms with van der Waals surface area (Å²) in [4.78, 5) is 24.4. The molecule has 0 radical (unpaired) electrons. The predicted molar refractivity (Wildman–Crippen MR) is 81.3 cm³/mol. The minimum Gasteiger partial charge on any atom is -0.469 e. The highest BCUT2D eigenvalue weighted by atomic mass is 16.5. The number of esters is 1.